The van der Waals surface area contributed by atoms with E-state index in [0.717, 1.165) is 30.3 Å². The third kappa shape index (κ3) is 6.15. The fourth-order valence-corrected chi connectivity index (χ4v) is 4.72. The molecule has 0 unspecified atom stereocenters. The molecule has 45 heavy (non-hydrogen) atoms. The van der Waals surface area contributed by atoms with Crippen LogP contribution in [0.5, 0.6) is 40.2 Å². The number of benzene rings is 3. The van der Waals surface area contributed by atoms with Crippen molar-refractivity contribution >= 4 is 23.0 Å². The molecule has 0 radical (unpaired) electrons. The lowest BCUT2D eigenvalue weighted by atomic mass is 9.99. The molecule has 0 bridgehead atoms. The monoisotopic (exact) mass is 624 g/mol. The van der Waals surface area contributed by atoms with Gasteiger partial charge in [-0.1, -0.05) is 6.07 Å². The molecule has 1 aromatic heterocycles. The molecule has 3 aromatic carbocycles. The number of carbonyl (C=O) groups excluding carboxylic acids is 1. The maximum atomic E-state index is 13.6. The van der Waals surface area contributed by atoms with Gasteiger partial charge in [-0.25, -0.2) is 4.79 Å². The standard InChI is InChI=1S/C31H28O14/c1-13-25(38)29(44-23(37)8-4-14-3-6-18(34)21(9-14)41-2)27(40)31(42-13)45-30-26(39)24-20(36)11-16(32)12-22(24)43-28(30)15-5-7-17(33)19(35)10-15/h3-13,25,27,29,31-36,38,40H,1-2H3/b8-4+/t13-,25-,27+,29+,31+/m0/s1. The van der Waals surface area contributed by atoms with Gasteiger partial charge in [-0.2, -0.15) is 0 Å². The maximum Gasteiger partial charge on any atom is 0.331 e. The Morgan fingerprint density at radius 2 is 1.62 bits per heavy atom. The molecule has 7 N–H and O–H groups in total. The van der Waals surface area contributed by atoms with Gasteiger partial charge in [0.1, 0.15) is 28.6 Å². The van der Waals surface area contributed by atoms with Gasteiger partial charge in [0.25, 0.3) is 0 Å². The van der Waals surface area contributed by atoms with Crippen molar-refractivity contribution in [1.29, 1.82) is 0 Å². The van der Waals surface area contributed by atoms with Crippen LogP contribution in [0, 0.1) is 0 Å². The molecule has 0 spiro atoms. The summed E-state index contributed by atoms with van der Waals surface area (Å²) in [6.07, 6.45) is -5.47. The van der Waals surface area contributed by atoms with E-state index in [9.17, 15) is 45.3 Å². The minimum absolute atomic E-state index is 0.0134. The highest BCUT2D eigenvalue weighted by Crippen LogP contribution is 2.39. The van der Waals surface area contributed by atoms with Crippen LogP contribution >= 0.6 is 0 Å². The van der Waals surface area contributed by atoms with Crippen molar-refractivity contribution in [1.82, 2.24) is 0 Å². The number of ether oxygens (including phenoxy) is 4. The fraction of sp³-hybridized carbons (Fsp3) is 0.226. The van der Waals surface area contributed by atoms with Gasteiger partial charge in [0.05, 0.1) is 13.2 Å². The van der Waals surface area contributed by atoms with Crippen molar-refractivity contribution in [3.63, 3.8) is 0 Å². The summed E-state index contributed by atoms with van der Waals surface area (Å²) < 4.78 is 27.5. The third-order valence-corrected chi connectivity index (χ3v) is 7.04. The van der Waals surface area contributed by atoms with Crippen molar-refractivity contribution < 1.29 is 63.9 Å². The van der Waals surface area contributed by atoms with Gasteiger partial charge in [0.15, 0.2) is 41.0 Å². The van der Waals surface area contributed by atoms with E-state index in [4.69, 9.17) is 23.4 Å². The Bertz CT molecular complexity index is 1840. The van der Waals surface area contributed by atoms with E-state index < -0.39 is 76.2 Å². The van der Waals surface area contributed by atoms with E-state index in [1.165, 1.54) is 44.4 Å². The molecule has 2 heterocycles. The zero-order valence-corrected chi connectivity index (χ0v) is 23.6. The van der Waals surface area contributed by atoms with Gasteiger partial charge >= 0.3 is 5.97 Å². The van der Waals surface area contributed by atoms with Crippen LogP contribution in [0.1, 0.15) is 12.5 Å². The molecule has 4 aromatic rings. The Labute approximate surface area is 253 Å². The van der Waals surface area contributed by atoms with Crippen molar-refractivity contribution in [3.05, 3.63) is 70.4 Å². The number of carbonyl (C=O) groups is 1. The fourth-order valence-electron chi connectivity index (χ4n) is 4.72. The summed E-state index contributed by atoms with van der Waals surface area (Å²) in [5.41, 5.74) is -0.742. The zero-order chi connectivity index (χ0) is 32.6. The van der Waals surface area contributed by atoms with Crippen LogP contribution in [-0.2, 0) is 14.3 Å². The number of phenolic OH excluding ortho intramolecular Hbond substituents is 5. The molecular weight excluding hydrogens is 596 g/mol. The van der Waals surface area contributed by atoms with E-state index in [1.807, 2.05) is 0 Å². The summed E-state index contributed by atoms with van der Waals surface area (Å²) in [7, 11) is 1.36. The smallest absolute Gasteiger partial charge is 0.331 e. The van der Waals surface area contributed by atoms with Crippen molar-refractivity contribution in [2.75, 3.05) is 7.11 Å². The van der Waals surface area contributed by atoms with Gasteiger partial charge < -0.3 is 59.1 Å². The predicted molar refractivity (Wildman–Crippen MR) is 155 cm³/mol. The first-order valence-corrected chi connectivity index (χ1v) is 13.4. The normalized spacial score (nSPS) is 21.6. The minimum Gasteiger partial charge on any atom is -0.508 e. The molecule has 0 aliphatic carbocycles. The number of phenols is 5. The summed E-state index contributed by atoms with van der Waals surface area (Å²) >= 11 is 0. The summed E-state index contributed by atoms with van der Waals surface area (Å²) in [6.45, 7) is 1.41. The number of aliphatic hydroxyl groups excluding tert-OH is 2. The highest BCUT2D eigenvalue weighted by atomic mass is 16.7. The summed E-state index contributed by atoms with van der Waals surface area (Å²) in [6, 6.07) is 9.73. The Balaban J connectivity index is 1.48. The lowest BCUT2D eigenvalue weighted by molar-refractivity contribution is -0.271. The first-order valence-electron chi connectivity index (χ1n) is 13.4. The van der Waals surface area contributed by atoms with Crippen LogP contribution in [0.2, 0.25) is 0 Å². The number of rotatable bonds is 7. The van der Waals surface area contributed by atoms with E-state index in [0.29, 0.717) is 5.56 Å². The lowest BCUT2D eigenvalue weighted by Crippen LogP contribution is -2.59. The minimum atomic E-state index is -1.87. The second-order valence-corrected chi connectivity index (χ2v) is 10.1. The number of methoxy groups -OCH3 is 1. The van der Waals surface area contributed by atoms with Gasteiger partial charge in [0, 0.05) is 23.8 Å². The molecule has 14 heteroatoms. The topological polar surface area (TPSA) is 226 Å². The first-order chi connectivity index (χ1) is 21.4. The number of aromatic hydroxyl groups is 5. The van der Waals surface area contributed by atoms with Crippen molar-refractivity contribution in [3.8, 4) is 51.6 Å². The number of hydrogen-bond acceptors (Lipinski definition) is 14. The van der Waals surface area contributed by atoms with E-state index in [1.54, 1.807) is 0 Å². The lowest BCUT2D eigenvalue weighted by Gasteiger charge is -2.40. The largest absolute Gasteiger partial charge is 0.508 e. The molecule has 236 valence electrons. The van der Waals surface area contributed by atoms with Crippen LogP contribution < -0.4 is 14.9 Å². The highest BCUT2D eigenvalue weighted by molar-refractivity contribution is 5.89. The molecular formula is C31H28O14. The average Bonchev–Trinajstić information content (AvgIpc) is 2.99. The Hall–Kier alpha value is -5.44. The molecule has 1 saturated heterocycles. The summed E-state index contributed by atoms with van der Waals surface area (Å²) in [5, 5.41) is 71.3. The predicted octanol–water partition coefficient (Wildman–Crippen LogP) is 2.47. The Morgan fingerprint density at radius 1 is 0.889 bits per heavy atom. The zero-order valence-electron chi connectivity index (χ0n) is 23.6. The van der Waals surface area contributed by atoms with Gasteiger partial charge in [0.2, 0.25) is 17.5 Å². The van der Waals surface area contributed by atoms with Crippen molar-refractivity contribution in [2.45, 2.75) is 37.6 Å². The molecule has 0 saturated carbocycles. The molecule has 5 rings (SSSR count). The van der Waals surface area contributed by atoms with Crippen LogP contribution in [0.4, 0.5) is 0 Å². The van der Waals surface area contributed by atoms with E-state index >= 15 is 0 Å². The highest BCUT2D eigenvalue weighted by Gasteiger charge is 2.47. The average molecular weight is 625 g/mol. The van der Waals surface area contributed by atoms with E-state index in [2.05, 4.69) is 0 Å². The summed E-state index contributed by atoms with van der Waals surface area (Å²) in [4.78, 5) is 26.3. The maximum absolute atomic E-state index is 13.6. The van der Waals surface area contributed by atoms with Crippen LogP contribution in [0.3, 0.4) is 0 Å². The second-order valence-electron chi connectivity index (χ2n) is 10.1. The number of fused-ring (bicyclic) bond motifs is 1. The summed E-state index contributed by atoms with van der Waals surface area (Å²) in [5.74, 6) is -3.99. The van der Waals surface area contributed by atoms with Crippen molar-refractivity contribution in [2.24, 2.45) is 0 Å². The van der Waals surface area contributed by atoms with Gasteiger partial charge in [-0.3, -0.25) is 4.79 Å². The Morgan fingerprint density at radius 3 is 2.33 bits per heavy atom. The number of esters is 1. The molecule has 1 fully saturated rings. The molecule has 1 aliphatic heterocycles. The molecule has 1 aliphatic rings. The molecule has 14 nitrogen and oxygen atoms in total. The van der Waals surface area contributed by atoms with E-state index in [-0.39, 0.29) is 28.4 Å². The van der Waals surface area contributed by atoms with Crippen LogP contribution in [-0.4, -0.2) is 79.5 Å². The third-order valence-electron chi connectivity index (χ3n) is 7.04. The number of hydrogen-bond donors (Lipinski definition) is 7. The molecule has 0 amide bonds. The first kappa shape index (κ1) is 31.0. The molecule has 5 atom stereocenters. The quantitative estimate of drug-likeness (QED) is 0.0891. The van der Waals surface area contributed by atoms with Crippen LogP contribution in [0.15, 0.2) is 63.8 Å². The van der Waals surface area contributed by atoms with Gasteiger partial charge in [-0.05, 0) is 48.9 Å². The SMILES string of the molecule is COc1cc(/C=C/C(=O)O[C@@H]2[C@@H](O)[C@H](C)O[C@H](Oc3c(-c4ccc(O)c(O)c4)oc4cc(O)cc(O)c4c3=O)[C@@H]2O)ccc1O. The Kier molecular flexibility index (Phi) is 8.46. The van der Waals surface area contributed by atoms with Crippen LogP contribution in [0.25, 0.3) is 28.4 Å². The van der Waals surface area contributed by atoms with Gasteiger partial charge in [-0.15, -0.1) is 0 Å². The second kappa shape index (κ2) is 12.3. The number of aliphatic hydroxyl groups is 2.